The summed E-state index contributed by atoms with van der Waals surface area (Å²) in [6.45, 7) is 7.83. The van der Waals surface area contributed by atoms with Crippen LogP contribution in [0.1, 0.15) is 74.8 Å². The first-order chi connectivity index (χ1) is 13.2. The SMILES string of the molecule is CC(C)c1ccc(F)c(C(C)C)c1NC(=O)NSc1ncc(C2(O)CCC2)s1. The normalized spacial score (nSPS) is 15.6. The van der Waals surface area contributed by atoms with Crippen LogP contribution in [0.5, 0.6) is 0 Å². The molecule has 0 spiro atoms. The molecule has 1 aromatic carbocycles. The highest BCUT2D eigenvalue weighted by atomic mass is 32.2. The molecule has 3 rings (SSSR count). The van der Waals surface area contributed by atoms with Gasteiger partial charge in [-0.05, 0) is 42.7 Å². The molecule has 1 saturated carbocycles. The second-order valence-corrected chi connectivity index (χ2v) is 9.85. The summed E-state index contributed by atoms with van der Waals surface area (Å²) in [5, 5.41) is 13.2. The van der Waals surface area contributed by atoms with Gasteiger partial charge in [-0.2, -0.15) is 0 Å². The Bertz CT molecular complexity index is 863. The lowest BCUT2D eigenvalue weighted by Gasteiger charge is -2.35. The number of carbonyl (C=O) groups is 1. The second-order valence-electron chi connectivity index (χ2n) is 7.77. The fraction of sp³-hybridized carbons (Fsp3) is 0.500. The lowest BCUT2D eigenvalue weighted by Crippen LogP contribution is -2.32. The summed E-state index contributed by atoms with van der Waals surface area (Å²) in [6.07, 6.45) is 4.19. The molecule has 0 radical (unpaired) electrons. The van der Waals surface area contributed by atoms with Gasteiger partial charge < -0.3 is 10.4 Å². The third-order valence-electron chi connectivity index (χ3n) is 5.02. The van der Waals surface area contributed by atoms with Gasteiger partial charge >= 0.3 is 6.03 Å². The number of halogens is 1. The molecule has 2 aromatic rings. The van der Waals surface area contributed by atoms with Crippen molar-refractivity contribution in [2.75, 3.05) is 5.32 Å². The number of nitrogens with zero attached hydrogens (tertiary/aromatic N) is 1. The third kappa shape index (κ3) is 4.34. The zero-order valence-corrected chi connectivity index (χ0v) is 18.1. The fourth-order valence-corrected chi connectivity index (χ4v) is 4.99. The molecule has 8 heteroatoms. The summed E-state index contributed by atoms with van der Waals surface area (Å²) in [6, 6.07) is 2.75. The number of hydrogen-bond acceptors (Lipinski definition) is 5. The van der Waals surface area contributed by atoms with E-state index in [9.17, 15) is 14.3 Å². The van der Waals surface area contributed by atoms with Gasteiger partial charge in [0, 0.05) is 23.7 Å². The minimum atomic E-state index is -0.751. The summed E-state index contributed by atoms with van der Waals surface area (Å²) < 4.78 is 17.8. The molecule has 0 unspecified atom stereocenters. The molecule has 152 valence electrons. The molecule has 1 aliphatic rings. The third-order valence-corrected chi connectivity index (χ3v) is 7.07. The van der Waals surface area contributed by atoms with Crippen LogP contribution in [0.2, 0.25) is 0 Å². The zero-order chi connectivity index (χ0) is 20.5. The molecule has 1 aromatic heterocycles. The Kier molecular flexibility index (Phi) is 6.31. The van der Waals surface area contributed by atoms with E-state index in [1.54, 1.807) is 12.3 Å². The number of aliphatic hydroxyl groups is 1. The van der Waals surface area contributed by atoms with E-state index in [0.29, 0.717) is 15.6 Å². The Morgan fingerprint density at radius 3 is 2.57 bits per heavy atom. The van der Waals surface area contributed by atoms with E-state index in [4.69, 9.17) is 0 Å². The molecule has 0 saturated heterocycles. The predicted octanol–water partition coefficient (Wildman–Crippen LogP) is 5.73. The van der Waals surface area contributed by atoms with E-state index < -0.39 is 11.6 Å². The molecule has 0 aliphatic heterocycles. The zero-order valence-electron chi connectivity index (χ0n) is 16.5. The molecular formula is C20H26FN3O2S2. The van der Waals surface area contributed by atoms with Gasteiger partial charge in [0.15, 0.2) is 4.34 Å². The number of carbonyl (C=O) groups excluding carboxylic acids is 1. The number of urea groups is 1. The Morgan fingerprint density at radius 1 is 1.29 bits per heavy atom. The molecular weight excluding hydrogens is 397 g/mol. The number of hydrogen-bond donors (Lipinski definition) is 3. The van der Waals surface area contributed by atoms with Crippen LogP contribution in [-0.4, -0.2) is 16.1 Å². The van der Waals surface area contributed by atoms with Crippen molar-refractivity contribution in [3.05, 3.63) is 40.2 Å². The molecule has 5 nitrogen and oxygen atoms in total. The maximum Gasteiger partial charge on any atom is 0.329 e. The van der Waals surface area contributed by atoms with Gasteiger partial charge in [-0.25, -0.2) is 14.2 Å². The summed E-state index contributed by atoms with van der Waals surface area (Å²) in [4.78, 5) is 17.6. The van der Waals surface area contributed by atoms with Crippen LogP contribution in [0.15, 0.2) is 22.7 Å². The van der Waals surface area contributed by atoms with Gasteiger partial charge in [0.2, 0.25) is 0 Å². The topological polar surface area (TPSA) is 74.2 Å². The standard InChI is InChI=1S/C20H26FN3O2S2/c1-11(2)13-6-7-14(21)16(12(3)4)17(13)23-18(25)24-28-19-22-10-15(27-19)20(26)8-5-9-20/h6-7,10-12,26H,5,8-9H2,1-4H3,(H2,23,24,25). The number of aromatic nitrogens is 1. The Labute approximate surface area is 173 Å². The Balaban J connectivity index is 1.70. The number of rotatable bonds is 6. The summed E-state index contributed by atoms with van der Waals surface area (Å²) in [5.41, 5.74) is 1.19. The Morgan fingerprint density at radius 2 is 2.00 bits per heavy atom. The maximum atomic E-state index is 14.4. The first-order valence-corrected chi connectivity index (χ1v) is 11.1. The van der Waals surface area contributed by atoms with Gasteiger partial charge in [0.05, 0.1) is 10.6 Å². The second kappa shape index (κ2) is 8.39. The molecule has 28 heavy (non-hydrogen) atoms. The number of anilines is 1. The predicted molar refractivity (Wildman–Crippen MR) is 112 cm³/mol. The molecule has 1 heterocycles. The number of amides is 2. The van der Waals surface area contributed by atoms with E-state index in [1.807, 2.05) is 27.7 Å². The molecule has 0 bridgehead atoms. The van der Waals surface area contributed by atoms with Crippen molar-refractivity contribution < 1.29 is 14.3 Å². The van der Waals surface area contributed by atoms with Crippen molar-refractivity contribution in [3.8, 4) is 0 Å². The number of nitrogens with one attached hydrogen (secondary N) is 2. The van der Waals surface area contributed by atoms with Crippen LogP contribution < -0.4 is 10.0 Å². The van der Waals surface area contributed by atoms with Crippen LogP contribution in [0, 0.1) is 5.82 Å². The summed E-state index contributed by atoms with van der Waals surface area (Å²) in [5.74, 6) is -0.238. The van der Waals surface area contributed by atoms with E-state index in [0.717, 1.165) is 41.7 Å². The Hall–Kier alpha value is -1.64. The van der Waals surface area contributed by atoms with Crippen molar-refractivity contribution in [2.45, 2.75) is 68.7 Å². The fourth-order valence-electron chi connectivity index (χ4n) is 3.30. The monoisotopic (exact) mass is 423 g/mol. The first kappa shape index (κ1) is 21.1. The maximum absolute atomic E-state index is 14.4. The van der Waals surface area contributed by atoms with Gasteiger partial charge in [0.1, 0.15) is 11.4 Å². The lowest BCUT2D eigenvalue weighted by atomic mass is 9.79. The molecule has 2 amide bonds. The van der Waals surface area contributed by atoms with Crippen LogP contribution in [0.25, 0.3) is 0 Å². The number of thiazole rings is 1. The molecule has 0 atom stereocenters. The van der Waals surface area contributed by atoms with Crippen molar-refractivity contribution in [2.24, 2.45) is 0 Å². The van der Waals surface area contributed by atoms with Crippen LogP contribution in [0.3, 0.4) is 0 Å². The smallest absolute Gasteiger partial charge is 0.329 e. The van der Waals surface area contributed by atoms with E-state index in [1.165, 1.54) is 17.4 Å². The van der Waals surface area contributed by atoms with Crippen molar-refractivity contribution in [1.82, 2.24) is 9.71 Å². The van der Waals surface area contributed by atoms with Gasteiger partial charge in [0.25, 0.3) is 0 Å². The van der Waals surface area contributed by atoms with Gasteiger partial charge in [-0.15, -0.1) is 11.3 Å². The van der Waals surface area contributed by atoms with Gasteiger partial charge in [-0.3, -0.25) is 4.72 Å². The molecule has 1 fully saturated rings. The van der Waals surface area contributed by atoms with Crippen LogP contribution >= 0.6 is 23.3 Å². The van der Waals surface area contributed by atoms with Crippen molar-refractivity contribution >= 4 is 35.0 Å². The van der Waals surface area contributed by atoms with Crippen LogP contribution in [-0.2, 0) is 5.60 Å². The summed E-state index contributed by atoms with van der Waals surface area (Å²) in [7, 11) is 0. The molecule has 1 aliphatic carbocycles. The van der Waals surface area contributed by atoms with Crippen LogP contribution in [0.4, 0.5) is 14.9 Å². The average molecular weight is 424 g/mol. The molecule has 3 N–H and O–H groups in total. The average Bonchev–Trinajstić information content (AvgIpc) is 3.06. The van der Waals surface area contributed by atoms with E-state index in [2.05, 4.69) is 15.0 Å². The highest BCUT2D eigenvalue weighted by Gasteiger charge is 2.38. The highest BCUT2D eigenvalue weighted by Crippen LogP contribution is 2.44. The largest absolute Gasteiger partial charge is 0.384 e. The quantitative estimate of drug-likeness (QED) is 0.519. The van der Waals surface area contributed by atoms with Gasteiger partial charge in [-0.1, -0.05) is 33.8 Å². The first-order valence-electron chi connectivity index (χ1n) is 9.46. The highest BCUT2D eigenvalue weighted by molar-refractivity contribution is 7.99. The van der Waals surface area contributed by atoms with Crippen molar-refractivity contribution in [1.29, 1.82) is 0 Å². The minimum absolute atomic E-state index is 0.0635. The minimum Gasteiger partial charge on any atom is -0.384 e. The number of benzene rings is 1. The van der Waals surface area contributed by atoms with E-state index >= 15 is 0 Å². The lowest BCUT2D eigenvalue weighted by molar-refractivity contribution is -0.0356. The van der Waals surface area contributed by atoms with Crippen molar-refractivity contribution in [3.63, 3.8) is 0 Å². The summed E-state index contributed by atoms with van der Waals surface area (Å²) >= 11 is 2.47. The van der Waals surface area contributed by atoms with E-state index in [-0.39, 0.29) is 17.7 Å².